The van der Waals surface area contributed by atoms with Crippen LogP contribution in [-0.2, 0) is 10.3 Å². The Morgan fingerprint density at radius 1 is 1.29 bits per heavy atom. The molecule has 1 saturated carbocycles. The molecule has 0 aliphatic heterocycles. The van der Waals surface area contributed by atoms with E-state index in [1.165, 1.54) is 6.92 Å². The molecular weight excluding hydrogens is 268 g/mol. The summed E-state index contributed by atoms with van der Waals surface area (Å²) in [5.74, 6) is 0.272. The molecule has 6 nitrogen and oxygen atoms in total. The van der Waals surface area contributed by atoms with E-state index in [4.69, 9.17) is 0 Å². The molecule has 1 aromatic rings. The fourth-order valence-corrected chi connectivity index (χ4v) is 2.16. The summed E-state index contributed by atoms with van der Waals surface area (Å²) in [4.78, 5) is 23.1. The summed E-state index contributed by atoms with van der Waals surface area (Å²) in [6.07, 6.45) is 2.31. The van der Waals surface area contributed by atoms with Crippen LogP contribution >= 0.6 is 0 Å². The van der Waals surface area contributed by atoms with Gasteiger partial charge in [-0.2, -0.15) is 5.10 Å². The van der Waals surface area contributed by atoms with Gasteiger partial charge in [-0.1, -0.05) is 0 Å². The second-order valence-electron chi connectivity index (χ2n) is 6.55. The van der Waals surface area contributed by atoms with E-state index in [1.807, 2.05) is 26.8 Å². The van der Waals surface area contributed by atoms with Gasteiger partial charge in [0, 0.05) is 25.9 Å². The molecule has 1 aliphatic carbocycles. The zero-order valence-electron chi connectivity index (χ0n) is 13.2. The lowest BCUT2D eigenvalue weighted by Crippen LogP contribution is -2.36. The lowest BCUT2D eigenvalue weighted by molar-refractivity contribution is -0.118. The number of nitrogens with zero attached hydrogens (tertiary/aromatic N) is 2. The molecule has 2 rings (SSSR count). The monoisotopic (exact) mass is 292 g/mol. The van der Waals surface area contributed by atoms with E-state index in [-0.39, 0.29) is 17.4 Å². The Bertz CT molecular complexity index is 538. The molecule has 1 aromatic heterocycles. The predicted molar refractivity (Wildman–Crippen MR) is 80.2 cm³/mol. The Morgan fingerprint density at radius 3 is 2.43 bits per heavy atom. The topological polar surface area (TPSA) is 76.0 Å². The van der Waals surface area contributed by atoms with E-state index in [0.29, 0.717) is 24.7 Å². The first-order valence-corrected chi connectivity index (χ1v) is 7.42. The van der Waals surface area contributed by atoms with Crippen molar-refractivity contribution in [1.82, 2.24) is 20.4 Å². The van der Waals surface area contributed by atoms with Gasteiger partial charge >= 0.3 is 0 Å². The SMILES string of the molecule is CC(=O)NCCNC(=O)c1cc(C2CC2)nn1C(C)(C)C. The first kappa shape index (κ1) is 15.5. The molecule has 116 valence electrons. The third-order valence-electron chi connectivity index (χ3n) is 3.38. The lowest BCUT2D eigenvalue weighted by Gasteiger charge is -2.22. The van der Waals surface area contributed by atoms with Crippen molar-refractivity contribution in [2.75, 3.05) is 13.1 Å². The summed E-state index contributed by atoms with van der Waals surface area (Å²) < 4.78 is 1.80. The number of hydrogen-bond acceptors (Lipinski definition) is 3. The van der Waals surface area contributed by atoms with Crippen LogP contribution in [0.4, 0.5) is 0 Å². The molecule has 1 heterocycles. The average molecular weight is 292 g/mol. The molecule has 6 heteroatoms. The molecule has 0 unspecified atom stereocenters. The highest BCUT2D eigenvalue weighted by Gasteiger charge is 2.31. The minimum atomic E-state index is -0.239. The summed E-state index contributed by atoms with van der Waals surface area (Å²) >= 11 is 0. The Hall–Kier alpha value is -1.85. The Labute approximate surface area is 125 Å². The standard InChI is InChI=1S/C15H24N4O2/c1-10(20)16-7-8-17-14(21)13-9-12(11-5-6-11)18-19(13)15(2,3)4/h9,11H,5-8H2,1-4H3,(H,16,20)(H,17,21). The number of amides is 2. The highest BCUT2D eigenvalue weighted by Crippen LogP contribution is 2.40. The summed E-state index contributed by atoms with van der Waals surface area (Å²) in [5.41, 5.74) is 1.36. The molecule has 1 fully saturated rings. The van der Waals surface area contributed by atoms with E-state index in [9.17, 15) is 9.59 Å². The molecule has 2 amide bonds. The molecule has 1 aliphatic rings. The van der Waals surface area contributed by atoms with Gasteiger partial charge in [-0.25, -0.2) is 0 Å². The minimum absolute atomic E-state index is 0.0972. The van der Waals surface area contributed by atoms with Crippen molar-refractivity contribution in [1.29, 1.82) is 0 Å². The van der Waals surface area contributed by atoms with Gasteiger partial charge in [0.05, 0.1) is 11.2 Å². The van der Waals surface area contributed by atoms with Gasteiger partial charge in [0.1, 0.15) is 5.69 Å². The van der Waals surface area contributed by atoms with Gasteiger partial charge in [0.25, 0.3) is 5.91 Å². The molecule has 0 saturated heterocycles. The summed E-state index contributed by atoms with van der Waals surface area (Å²) in [6, 6.07) is 1.90. The zero-order valence-corrected chi connectivity index (χ0v) is 13.2. The fourth-order valence-electron chi connectivity index (χ4n) is 2.16. The maximum Gasteiger partial charge on any atom is 0.269 e. The van der Waals surface area contributed by atoms with Crippen LogP contribution < -0.4 is 10.6 Å². The van der Waals surface area contributed by atoms with E-state index < -0.39 is 0 Å². The number of carbonyl (C=O) groups is 2. The normalized spacial score (nSPS) is 14.9. The summed E-state index contributed by atoms with van der Waals surface area (Å²) in [7, 11) is 0. The molecule has 21 heavy (non-hydrogen) atoms. The Morgan fingerprint density at radius 2 is 1.90 bits per heavy atom. The maximum absolute atomic E-state index is 12.3. The zero-order chi connectivity index (χ0) is 15.6. The average Bonchev–Trinajstić information content (AvgIpc) is 3.11. The minimum Gasteiger partial charge on any atom is -0.355 e. The van der Waals surface area contributed by atoms with Gasteiger partial charge in [-0.05, 0) is 39.7 Å². The van der Waals surface area contributed by atoms with Crippen LogP contribution in [0.25, 0.3) is 0 Å². The third kappa shape index (κ3) is 4.06. The van der Waals surface area contributed by atoms with Crippen molar-refractivity contribution in [3.8, 4) is 0 Å². The van der Waals surface area contributed by atoms with Gasteiger partial charge in [0.2, 0.25) is 5.91 Å². The third-order valence-corrected chi connectivity index (χ3v) is 3.38. The van der Waals surface area contributed by atoms with E-state index in [0.717, 1.165) is 18.5 Å². The van der Waals surface area contributed by atoms with E-state index in [1.54, 1.807) is 4.68 Å². The number of carbonyl (C=O) groups excluding carboxylic acids is 2. The molecule has 0 bridgehead atoms. The molecule has 0 aromatic carbocycles. The van der Waals surface area contributed by atoms with Gasteiger partial charge in [0.15, 0.2) is 0 Å². The highest BCUT2D eigenvalue weighted by molar-refractivity contribution is 5.92. The quantitative estimate of drug-likeness (QED) is 0.805. The van der Waals surface area contributed by atoms with E-state index >= 15 is 0 Å². The number of nitrogens with one attached hydrogen (secondary N) is 2. The molecule has 0 radical (unpaired) electrons. The van der Waals surface area contributed by atoms with Crippen molar-refractivity contribution in [2.45, 2.75) is 52.0 Å². The van der Waals surface area contributed by atoms with Crippen LogP contribution in [0.3, 0.4) is 0 Å². The van der Waals surface area contributed by atoms with Crippen LogP contribution in [0.15, 0.2) is 6.07 Å². The fraction of sp³-hybridized carbons (Fsp3) is 0.667. The predicted octanol–water partition coefficient (Wildman–Crippen LogP) is 1.38. The van der Waals surface area contributed by atoms with E-state index in [2.05, 4.69) is 15.7 Å². The van der Waals surface area contributed by atoms with Crippen LogP contribution in [0.2, 0.25) is 0 Å². The first-order chi connectivity index (χ1) is 9.79. The van der Waals surface area contributed by atoms with Crippen molar-refractivity contribution >= 4 is 11.8 Å². The second kappa shape index (κ2) is 5.87. The van der Waals surface area contributed by atoms with Crippen LogP contribution in [0.5, 0.6) is 0 Å². The summed E-state index contributed by atoms with van der Waals surface area (Å²) in [6.45, 7) is 8.39. The molecule has 0 atom stereocenters. The van der Waals surface area contributed by atoms with Crippen LogP contribution in [0, 0.1) is 0 Å². The number of aromatic nitrogens is 2. The van der Waals surface area contributed by atoms with Gasteiger partial charge < -0.3 is 10.6 Å². The van der Waals surface area contributed by atoms with Crippen molar-refractivity contribution in [2.24, 2.45) is 0 Å². The number of hydrogen-bond donors (Lipinski definition) is 2. The molecule has 0 spiro atoms. The second-order valence-corrected chi connectivity index (χ2v) is 6.55. The summed E-state index contributed by atoms with van der Waals surface area (Å²) in [5, 5.41) is 10.1. The number of rotatable bonds is 5. The molecule has 2 N–H and O–H groups in total. The first-order valence-electron chi connectivity index (χ1n) is 7.42. The molecular formula is C15H24N4O2. The highest BCUT2D eigenvalue weighted by atomic mass is 16.2. The van der Waals surface area contributed by atoms with Crippen molar-refractivity contribution < 1.29 is 9.59 Å². The van der Waals surface area contributed by atoms with Crippen LogP contribution in [-0.4, -0.2) is 34.7 Å². The lowest BCUT2D eigenvalue weighted by atomic mass is 10.1. The van der Waals surface area contributed by atoms with Crippen molar-refractivity contribution in [3.63, 3.8) is 0 Å². The van der Waals surface area contributed by atoms with Gasteiger partial charge in [-0.3, -0.25) is 14.3 Å². The smallest absolute Gasteiger partial charge is 0.269 e. The maximum atomic E-state index is 12.3. The Kier molecular flexibility index (Phi) is 4.34. The van der Waals surface area contributed by atoms with Crippen molar-refractivity contribution in [3.05, 3.63) is 17.5 Å². The largest absolute Gasteiger partial charge is 0.355 e. The Balaban J connectivity index is 2.06. The van der Waals surface area contributed by atoms with Crippen LogP contribution in [0.1, 0.15) is 62.6 Å². The van der Waals surface area contributed by atoms with Gasteiger partial charge in [-0.15, -0.1) is 0 Å².